The summed E-state index contributed by atoms with van der Waals surface area (Å²) in [6.45, 7) is 4.41. The number of anilines is 1. The van der Waals surface area contributed by atoms with Crippen molar-refractivity contribution >= 4 is 15.7 Å². The van der Waals surface area contributed by atoms with Crippen molar-refractivity contribution in [1.29, 1.82) is 0 Å². The fourth-order valence-corrected chi connectivity index (χ4v) is 3.97. The maximum Gasteiger partial charge on any atom is 0.240 e. The average Bonchev–Trinajstić information content (AvgIpc) is 2.86. The Kier molecular flexibility index (Phi) is 5.05. The Morgan fingerprint density at radius 2 is 1.85 bits per heavy atom. The van der Waals surface area contributed by atoms with Crippen LogP contribution in [0, 0.1) is 5.92 Å². The Hall–Kier alpha value is -1.07. The van der Waals surface area contributed by atoms with Crippen molar-refractivity contribution in [2.75, 3.05) is 11.9 Å². The van der Waals surface area contributed by atoms with Crippen LogP contribution in [0.15, 0.2) is 29.2 Å². The summed E-state index contributed by atoms with van der Waals surface area (Å²) in [7, 11) is -3.35. The van der Waals surface area contributed by atoms with Gasteiger partial charge < -0.3 is 5.32 Å². The van der Waals surface area contributed by atoms with E-state index in [0.717, 1.165) is 11.6 Å². The first-order chi connectivity index (χ1) is 9.56. The van der Waals surface area contributed by atoms with E-state index in [-0.39, 0.29) is 0 Å². The molecule has 1 aromatic rings. The molecule has 0 aliphatic heterocycles. The first-order valence-electron chi connectivity index (χ1n) is 7.43. The Morgan fingerprint density at radius 3 is 2.45 bits per heavy atom. The fraction of sp³-hybridized carbons (Fsp3) is 0.600. The first-order valence-corrected chi connectivity index (χ1v) is 8.91. The molecule has 2 atom stereocenters. The summed E-state index contributed by atoms with van der Waals surface area (Å²) in [5.74, 6) is 0.736. The van der Waals surface area contributed by atoms with Gasteiger partial charge in [0.05, 0.1) is 4.90 Å². The van der Waals surface area contributed by atoms with Gasteiger partial charge in [-0.1, -0.05) is 26.7 Å². The van der Waals surface area contributed by atoms with Gasteiger partial charge in [-0.2, -0.15) is 0 Å². The topological polar surface area (TPSA) is 58.2 Å². The van der Waals surface area contributed by atoms with E-state index in [1.807, 2.05) is 12.1 Å². The Balaban J connectivity index is 2.05. The van der Waals surface area contributed by atoms with Crippen molar-refractivity contribution in [2.24, 2.45) is 5.92 Å². The van der Waals surface area contributed by atoms with Crippen LogP contribution in [0.5, 0.6) is 0 Å². The highest BCUT2D eigenvalue weighted by molar-refractivity contribution is 7.89. The number of rotatable bonds is 6. The highest BCUT2D eigenvalue weighted by Gasteiger charge is 2.25. The molecule has 0 heterocycles. The van der Waals surface area contributed by atoms with Crippen LogP contribution in [0.25, 0.3) is 0 Å². The predicted molar refractivity (Wildman–Crippen MR) is 82.3 cm³/mol. The summed E-state index contributed by atoms with van der Waals surface area (Å²) >= 11 is 0. The molecule has 0 bridgehead atoms. The lowest BCUT2D eigenvalue weighted by Crippen LogP contribution is -2.24. The average molecular weight is 296 g/mol. The van der Waals surface area contributed by atoms with Gasteiger partial charge in [-0.15, -0.1) is 0 Å². The molecule has 1 aliphatic carbocycles. The number of sulfonamides is 1. The zero-order valence-corrected chi connectivity index (χ0v) is 13.0. The quantitative estimate of drug-likeness (QED) is 0.848. The van der Waals surface area contributed by atoms with E-state index < -0.39 is 10.0 Å². The van der Waals surface area contributed by atoms with Crippen LogP contribution >= 0.6 is 0 Å². The summed E-state index contributed by atoms with van der Waals surface area (Å²) in [6.07, 6.45) is 4.98. The van der Waals surface area contributed by atoms with E-state index in [0.29, 0.717) is 17.5 Å². The molecule has 2 N–H and O–H groups in total. The molecule has 20 heavy (non-hydrogen) atoms. The minimum Gasteiger partial charge on any atom is -0.382 e. The highest BCUT2D eigenvalue weighted by atomic mass is 32.2. The molecule has 4 nitrogen and oxygen atoms in total. The summed E-state index contributed by atoms with van der Waals surface area (Å²) < 4.78 is 26.2. The SMILES string of the molecule is CCNS(=O)(=O)c1ccc(NC2CCCC2CC)cc1. The van der Waals surface area contributed by atoms with E-state index >= 15 is 0 Å². The van der Waals surface area contributed by atoms with Crippen molar-refractivity contribution in [2.45, 2.75) is 50.5 Å². The third-order valence-corrected chi connectivity index (χ3v) is 5.60. The van der Waals surface area contributed by atoms with Crippen LogP contribution in [0.1, 0.15) is 39.5 Å². The highest BCUT2D eigenvalue weighted by Crippen LogP contribution is 2.30. The van der Waals surface area contributed by atoms with Crippen LogP contribution in [-0.4, -0.2) is 21.0 Å². The third kappa shape index (κ3) is 3.52. The lowest BCUT2D eigenvalue weighted by atomic mass is 10.0. The van der Waals surface area contributed by atoms with Crippen molar-refractivity contribution < 1.29 is 8.42 Å². The number of hydrogen-bond acceptors (Lipinski definition) is 3. The zero-order chi connectivity index (χ0) is 14.6. The molecule has 0 radical (unpaired) electrons. The second kappa shape index (κ2) is 6.59. The van der Waals surface area contributed by atoms with Gasteiger partial charge in [0.15, 0.2) is 0 Å². The molecule has 112 valence electrons. The van der Waals surface area contributed by atoms with E-state index in [1.54, 1.807) is 19.1 Å². The number of nitrogens with one attached hydrogen (secondary N) is 2. The molecule has 1 aliphatic rings. The molecule has 2 unspecified atom stereocenters. The van der Waals surface area contributed by atoms with Crippen molar-refractivity contribution in [3.8, 4) is 0 Å². The second-order valence-electron chi connectivity index (χ2n) is 5.38. The standard InChI is InChI=1S/C15H24N2O2S/c1-3-12-6-5-7-15(12)17-13-8-10-14(11-9-13)20(18,19)16-4-2/h8-12,15-17H,3-7H2,1-2H3. The largest absolute Gasteiger partial charge is 0.382 e. The normalized spacial score (nSPS) is 22.9. The molecule has 1 aromatic carbocycles. The molecular formula is C15H24N2O2S. The number of benzene rings is 1. The lowest BCUT2D eigenvalue weighted by Gasteiger charge is -2.21. The number of hydrogen-bond donors (Lipinski definition) is 2. The van der Waals surface area contributed by atoms with Gasteiger partial charge in [0.2, 0.25) is 10.0 Å². The van der Waals surface area contributed by atoms with Crippen LogP contribution in [-0.2, 0) is 10.0 Å². The van der Waals surface area contributed by atoms with Crippen molar-refractivity contribution in [3.05, 3.63) is 24.3 Å². The van der Waals surface area contributed by atoms with Crippen LogP contribution in [0.4, 0.5) is 5.69 Å². The molecule has 0 aromatic heterocycles. The molecule has 0 amide bonds. The first kappa shape index (κ1) is 15.3. The maximum atomic E-state index is 11.9. The van der Waals surface area contributed by atoms with Gasteiger partial charge in [-0.25, -0.2) is 13.1 Å². The second-order valence-corrected chi connectivity index (χ2v) is 7.14. The maximum absolute atomic E-state index is 11.9. The van der Waals surface area contributed by atoms with E-state index in [4.69, 9.17) is 0 Å². The third-order valence-electron chi connectivity index (χ3n) is 4.03. The minimum absolute atomic E-state index is 0.323. The van der Waals surface area contributed by atoms with E-state index in [9.17, 15) is 8.42 Å². The van der Waals surface area contributed by atoms with Gasteiger partial charge >= 0.3 is 0 Å². The molecule has 1 fully saturated rings. The van der Waals surface area contributed by atoms with Gasteiger partial charge in [0, 0.05) is 18.3 Å². The summed E-state index contributed by atoms with van der Waals surface area (Å²) in [6, 6.07) is 7.56. The summed E-state index contributed by atoms with van der Waals surface area (Å²) in [5, 5.41) is 3.54. The smallest absolute Gasteiger partial charge is 0.240 e. The summed E-state index contributed by atoms with van der Waals surface area (Å²) in [5.41, 5.74) is 1.01. The van der Waals surface area contributed by atoms with Crippen LogP contribution in [0.3, 0.4) is 0 Å². The lowest BCUT2D eigenvalue weighted by molar-refractivity contribution is 0.489. The van der Waals surface area contributed by atoms with E-state index in [2.05, 4.69) is 17.0 Å². The molecule has 0 saturated heterocycles. The molecule has 5 heteroatoms. The van der Waals surface area contributed by atoms with Gasteiger partial charge in [0.25, 0.3) is 0 Å². The Morgan fingerprint density at radius 1 is 1.15 bits per heavy atom. The Labute approximate surface area is 122 Å². The van der Waals surface area contributed by atoms with E-state index in [1.165, 1.54) is 25.7 Å². The monoisotopic (exact) mass is 296 g/mol. The summed E-state index contributed by atoms with van der Waals surface area (Å²) in [4.78, 5) is 0.323. The Bertz CT molecular complexity index is 525. The predicted octanol–water partition coefficient (Wildman–Crippen LogP) is 2.98. The minimum atomic E-state index is -3.35. The molecule has 2 rings (SSSR count). The van der Waals surface area contributed by atoms with Gasteiger partial charge in [-0.05, 0) is 43.0 Å². The van der Waals surface area contributed by atoms with Gasteiger partial charge in [-0.3, -0.25) is 0 Å². The van der Waals surface area contributed by atoms with Crippen LogP contribution < -0.4 is 10.0 Å². The molecular weight excluding hydrogens is 272 g/mol. The van der Waals surface area contributed by atoms with Crippen LogP contribution in [0.2, 0.25) is 0 Å². The fourth-order valence-electron chi connectivity index (χ4n) is 2.93. The van der Waals surface area contributed by atoms with Crippen molar-refractivity contribution in [3.63, 3.8) is 0 Å². The van der Waals surface area contributed by atoms with Gasteiger partial charge in [0.1, 0.15) is 0 Å². The van der Waals surface area contributed by atoms with Crippen molar-refractivity contribution in [1.82, 2.24) is 4.72 Å². The molecule has 0 spiro atoms. The zero-order valence-electron chi connectivity index (χ0n) is 12.2. The molecule has 1 saturated carbocycles.